The van der Waals surface area contributed by atoms with E-state index in [0.29, 0.717) is 0 Å². The number of H-pyrrole nitrogens is 2. The quantitative estimate of drug-likeness (QED) is 0.159. The fraction of sp³-hybridized carbons (Fsp3) is 0.0909. The lowest BCUT2D eigenvalue weighted by atomic mass is 9.79. The van der Waals surface area contributed by atoms with Crippen molar-refractivity contribution >= 4 is 67.0 Å². The van der Waals surface area contributed by atoms with E-state index in [9.17, 15) is 0 Å². The molecule has 0 atom stereocenters. The predicted molar refractivity (Wildman–Crippen MR) is 299 cm³/mol. The van der Waals surface area contributed by atoms with Gasteiger partial charge in [0.2, 0.25) is 0 Å². The minimum atomic E-state index is -0.280. The largest absolute Gasteiger partial charge is 0.338 e. The lowest BCUT2D eigenvalue weighted by Gasteiger charge is -2.29. The second-order valence-corrected chi connectivity index (χ2v) is 20.4. The molecule has 0 saturated heterocycles. The van der Waals surface area contributed by atoms with Crippen LogP contribution >= 0.6 is 0 Å². The number of hydrogen-bond acceptors (Lipinski definition) is 4. The molecular formula is C66H50N6. The van der Waals surface area contributed by atoms with Crippen molar-refractivity contribution in [2.75, 3.05) is 9.80 Å². The predicted octanol–water partition coefficient (Wildman–Crippen LogP) is 17.5. The molecule has 6 nitrogen and oxygen atoms in total. The number of anilines is 6. The van der Waals surface area contributed by atoms with Crippen LogP contribution in [0.1, 0.15) is 49.9 Å². The van der Waals surface area contributed by atoms with Crippen molar-refractivity contribution in [2.24, 2.45) is 0 Å². The molecule has 2 aromatic heterocycles. The van der Waals surface area contributed by atoms with Gasteiger partial charge in [0.1, 0.15) is 11.6 Å². The third kappa shape index (κ3) is 6.42. The van der Waals surface area contributed by atoms with E-state index in [2.05, 4.69) is 229 Å². The number of nitrogens with zero attached hydrogens (tertiary/aromatic N) is 4. The van der Waals surface area contributed by atoms with Crippen molar-refractivity contribution in [2.45, 2.75) is 38.5 Å². The van der Waals surface area contributed by atoms with Gasteiger partial charge >= 0.3 is 0 Å². The maximum absolute atomic E-state index is 4.92. The van der Waals surface area contributed by atoms with Crippen LogP contribution < -0.4 is 9.80 Å². The highest BCUT2D eigenvalue weighted by molar-refractivity contribution is 6.10. The lowest BCUT2D eigenvalue weighted by Crippen LogP contribution is -2.18. The summed E-state index contributed by atoms with van der Waals surface area (Å²) in [4.78, 5) is 21.7. The number of nitrogens with one attached hydrogen (secondary N) is 2. The number of imidazole rings is 2. The van der Waals surface area contributed by atoms with Crippen LogP contribution in [-0.4, -0.2) is 19.9 Å². The monoisotopic (exact) mass is 926 g/mol. The van der Waals surface area contributed by atoms with Gasteiger partial charge in [-0.05, 0) is 177 Å². The molecule has 0 saturated carbocycles. The average Bonchev–Trinajstić information content (AvgIpc) is 4.16. The SMILES string of the molecule is CC1(C)c2cc(N(c3ccc(-c4nc5ccccc5[nH]4)cc3)c3ccc(-c4nc5ccccc5[nH]4)cc3)ccc2-c2cc3c(cc21)-c1c(cc(N(c2ccccc2)c2ccccc2)c2ccccc12)C3(C)C. The molecule has 2 aliphatic carbocycles. The van der Waals surface area contributed by atoms with Gasteiger partial charge in [0.25, 0.3) is 0 Å². The summed E-state index contributed by atoms with van der Waals surface area (Å²) in [5.74, 6) is 1.71. The maximum Gasteiger partial charge on any atom is 0.138 e. The molecule has 0 aliphatic heterocycles. The summed E-state index contributed by atoms with van der Waals surface area (Å²) in [5, 5.41) is 2.51. The summed E-state index contributed by atoms with van der Waals surface area (Å²) in [7, 11) is 0. The highest BCUT2D eigenvalue weighted by atomic mass is 15.1. The van der Waals surface area contributed by atoms with Gasteiger partial charge in [-0.15, -0.1) is 0 Å². The van der Waals surface area contributed by atoms with Crippen LogP contribution in [0.15, 0.2) is 218 Å². The highest BCUT2D eigenvalue weighted by Crippen LogP contribution is 2.59. The van der Waals surface area contributed by atoms with E-state index in [1.807, 2.05) is 36.4 Å². The number of aromatic amines is 2. The molecule has 2 aliphatic rings. The molecule has 0 spiro atoms. The first-order chi connectivity index (χ1) is 35.2. The van der Waals surface area contributed by atoms with E-state index in [1.165, 1.54) is 61.0 Å². The van der Waals surface area contributed by atoms with Gasteiger partial charge < -0.3 is 19.8 Å². The molecule has 0 radical (unpaired) electrons. The Labute approximate surface area is 418 Å². The zero-order chi connectivity index (χ0) is 48.3. The van der Waals surface area contributed by atoms with Gasteiger partial charge in [-0.25, -0.2) is 9.97 Å². The molecule has 2 N–H and O–H groups in total. The molecule has 344 valence electrons. The van der Waals surface area contributed by atoms with E-state index in [4.69, 9.17) is 9.97 Å². The molecular weight excluding hydrogens is 877 g/mol. The first kappa shape index (κ1) is 41.9. The van der Waals surface area contributed by atoms with Gasteiger partial charge in [0, 0.05) is 55.8 Å². The highest BCUT2D eigenvalue weighted by Gasteiger charge is 2.43. The Morgan fingerprint density at radius 3 is 1.36 bits per heavy atom. The molecule has 0 amide bonds. The third-order valence-corrected chi connectivity index (χ3v) is 15.5. The molecule has 0 fully saturated rings. The smallest absolute Gasteiger partial charge is 0.138 e. The normalized spacial score (nSPS) is 13.8. The number of rotatable bonds is 8. The molecule has 0 unspecified atom stereocenters. The number of benzene rings is 10. The fourth-order valence-electron chi connectivity index (χ4n) is 11.8. The molecule has 6 heteroatoms. The van der Waals surface area contributed by atoms with Crippen molar-refractivity contribution in [1.82, 2.24) is 19.9 Å². The van der Waals surface area contributed by atoms with E-state index in [1.54, 1.807) is 0 Å². The van der Waals surface area contributed by atoms with Crippen LogP contribution in [0.2, 0.25) is 0 Å². The van der Waals surface area contributed by atoms with Gasteiger partial charge in [-0.1, -0.05) is 119 Å². The second-order valence-electron chi connectivity index (χ2n) is 20.4. The third-order valence-electron chi connectivity index (χ3n) is 15.5. The summed E-state index contributed by atoms with van der Waals surface area (Å²) in [6, 6.07) is 79.1. The van der Waals surface area contributed by atoms with Crippen LogP contribution in [0.4, 0.5) is 34.1 Å². The first-order valence-corrected chi connectivity index (χ1v) is 24.9. The zero-order valence-electron chi connectivity index (χ0n) is 40.6. The maximum atomic E-state index is 4.92. The Bertz CT molecular complexity index is 3870. The van der Waals surface area contributed by atoms with Crippen LogP contribution in [0.25, 0.3) is 77.9 Å². The van der Waals surface area contributed by atoms with Gasteiger partial charge in [-0.2, -0.15) is 0 Å². The summed E-state index contributed by atoms with van der Waals surface area (Å²) in [6.45, 7) is 9.64. The van der Waals surface area contributed by atoms with Crippen molar-refractivity contribution in [1.29, 1.82) is 0 Å². The molecule has 72 heavy (non-hydrogen) atoms. The first-order valence-electron chi connectivity index (χ1n) is 24.9. The van der Waals surface area contributed by atoms with Crippen LogP contribution in [0, 0.1) is 0 Å². The van der Waals surface area contributed by atoms with Crippen LogP contribution in [0.3, 0.4) is 0 Å². The number of hydrogen-bond donors (Lipinski definition) is 2. The van der Waals surface area contributed by atoms with Gasteiger partial charge in [0.05, 0.1) is 27.8 Å². The Balaban J connectivity index is 0.881. The summed E-state index contributed by atoms with van der Waals surface area (Å²) in [6.07, 6.45) is 0. The average molecular weight is 927 g/mol. The molecule has 12 aromatic rings. The molecule has 14 rings (SSSR count). The minimum absolute atomic E-state index is 0.260. The van der Waals surface area contributed by atoms with E-state index in [-0.39, 0.29) is 10.8 Å². The van der Waals surface area contributed by atoms with Gasteiger partial charge in [-0.3, -0.25) is 0 Å². The number of fused-ring (bicyclic) bond motifs is 10. The topological polar surface area (TPSA) is 63.8 Å². The van der Waals surface area contributed by atoms with E-state index < -0.39 is 0 Å². The van der Waals surface area contributed by atoms with Gasteiger partial charge in [0.15, 0.2) is 0 Å². The lowest BCUT2D eigenvalue weighted by molar-refractivity contribution is 0.652. The molecule has 10 aromatic carbocycles. The second kappa shape index (κ2) is 15.8. The van der Waals surface area contributed by atoms with Crippen molar-refractivity contribution < 1.29 is 0 Å². The summed E-state index contributed by atoms with van der Waals surface area (Å²) >= 11 is 0. The standard InChI is InChI=1S/C66H50N6/c1-65(2)53-37-47(71(45-31-27-41(28-32-45)63-67-57-23-13-14-24-58(57)68-63)46-33-29-42(30-34-46)64-69-59-25-15-16-26-60(59)70-64)35-36-48(53)51-38-55-52(39-54(51)65)62-50-22-12-11-21-49(50)61(40-56(62)66(55,3)4)72(43-17-7-5-8-18-43)44-19-9-6-10-20-44/h5-40H,1-4H3,(H,67,68)(H,69,70). The molecule has 0 bridgehead atoms. The molecule has 2 heterocycles. The minimum Gasteiger partial charge on any atom is -0.338 e. The Hall–Kier alpha value is -9.00. The van der Waals surface area contributed by atoms with Crippen LogP contribution in [0.5, 0.6) is 0 Å². The number of aromatic nitrogens is 4. The van der Waals surface area contributed by atoms with Crippen LogP contribution in [-0.2, 0) is 10.8 Å². The van der Waals surface area contributed by atoms with E-state index >= 15 is 0 Å². The Morgan fingerprint density at radius 1 is 0.347 bits per heavy atom. The zero-order valence-corrected chi connectivity index (χ0v) is 40.6. The fourth-order valence-corrected chi connectivity index (χ4v) is 11.8. The number of para-hydroxylation sites is 6. The van der Waals surface area contributed by atoms with Crippen molar-refractivity contribution in [3.63, 3.8) is 0 Å². The Kier molecular flexibility index (Phi) is 9.18. The summed E-state index contributed by atoms with van der Waals surface area (Å²) < 4.78 is 0. The van der Waals surface area contributed by atoms with Crippen molar-refractivity contribution in [3.05, 3.63) is 241 Å². The van der Waals surface area contributed by atoms with E-state index in [0.717, 1.165) is 73.3 Å². The Morgan fingerprint density at radius 2 is 0.792 bits per heavy atom. The summed E-state index contributed by atoms with van der Waals surface area (Å²) in [5.41, 5.74) is 22.9. The van der Waals surface area contributed by atoms with Crippen molar-refractivity contribution in [3.8, 4) is 45.0 Å².